The summed E-state index contributed by atoms with van der Waals surface area (Å²) in [7, 11) is 0. The van der Waals surface area contributed by atoms with E-state index in [4.69, 9.17) is 4.74 Å². The van der Waals surface area contributed by atoms with Crippen LogP contribution in [0.25, 0.3) is 11.1 Å². The molecule has 5 nitrogen and oxygen atoms in total. The van der Waals surface area contributed by atoms with Gasteiger partial charge in [-0.1, -0.05) is 48.5 Å². The average Bonchev–Trinajstić information content (AvgIpc) is 3.05. The van der Waals surface area contributed by atoms with Gasteiger partial charge < -0.3 is 10.1 Å². The molecule has 29 heavy (non-hydrogen) atoms. The third-order valence-electron chi connectivity index (χ3n) is 5.10. The maximum atomic E-state index is 11.7. The summed E-state index contributed by atoms with van der Waals surface area (Å²) >= 11 is 0. The van der Waals surface area contributed by atoms with E-state index in [0.29, 0.717) is 12.1 Å². The number of nitrogens with one attached hydrogen (secondary N) is 2. The second-order valence-corrected chi connectivity index (χ2v) is 7.22. The highest BCUT2D eigenvalue weighted by atomic mass is 16.6. The molecule has 1 aliphatic heterocycles. The van der Waals surface area contributed by atoms with Crippen LogP contribution in [-0.2, 0) is 16.1 Å². The summed E-state index contributed by atoms with van der Waals surface area (Å²) in [6, 6.07) is 22.2. The number of carbonyl (C=O) groups excluding carboxylic acids is 2. The zero-order valence-corrected chi connectivity index (χ0v) is 16.4. The lowest BCUT2D eigenvalue weighted by Crippen LogP contribution is -2.20. The maximum absolute atomic E-state index is 11.7. The number of rotatable bonds is 5. The zero-order chi connectivity index (χ0) is 20.4. The summed E-state index contributed by atoms with van der Waals surface area (Å²) < 4.78 is 4.98. The van der Waals surface area contributed by atoms with E-state index >= 15 is 0 Å². The van der Waals surface area contributed by atoms with Gasteiger partial charge in [0.05, 0.1) is 0 Å². The molecule has 4 rings (SSSR count). The molecule has 1 atom stereocenters. The molecule has 1 unspecified atom stereocenters. The van der Waals surface area contributed by atoms with Crippen molar-refractivity contribution in [1.82, 2.24) is 5.32 Å². The highest BCUT2D eigenvalue weighted by Crippen LogP contribution is 2.28. The molecule has 3 aromatic carbocycles. The fraction of sp³-hybridized carbons (Fsp3) is 0.167. The molecule has 0 bridgehead atoms. The van der Waals surface area contributed by atoms with E-state index in [-0.39, 0.29) is 0 Å². The van der Waals surface area contributed by atoms with E-state index in [0.717, 1.165) is 5.69 Å². The minimum absolute atomic E-state index is 0.431. The SMILES string of the molecule is Cc1cccc(C)c1-c1cccc(CNc2ccc(C3OC(=O)NC3=O)cc2)c1. The number of carbonyl (C=O) groups is 2. The maximum Gasteiger partial charge on any atom is 0.415 e. The summed E-state index contributed by atoms with van der Waals surface area (Å²) in [6.45, 7) is 4.95. The molecule has 1 saturated heterocycles. The van der Waals surface area contributed by atoms with Crippen LogP contribution >= 0.6 is 0 Å². The van der Waals surface area contributed by atoms with Gasteiger partial charge in [-0.25, -0.2) is 4.79 Å². The largest absolute Gasteiger partial charge is 0.431 e. The Morgan fingerprint density at radius 2 is 1.62 bits per heavy atom. The van der Waals surface area contributed by atoms with Crippen LogP contribution in [0.1, 0.15) is 28.4 Å². The van der Waals surface area contributed by atoms with E-state index in [1.807, 2.05) is 12.1 Å². The number of anilines is 1. The molecule has 0 saturated carbocycles. The minimum Gasteiger partial charge on any atom is -0.431 e. The van der Waals surface area contributed by atoms with Crippen LogP contribution in [0.15, 0.2) is 66.7 Å². The Kier molecular flexibility index (Phi) is 5.04. The monoisotopic (exact) mass is 386 g/mol. The predicted octanol–water partition coefficient (Wildman–Crippen LogP) is 4.89. The summed E-state index contributed by atoms with van der Waals surface area (Å²) in [4.78, 5) is 22.9. The average molecular weight is 386 g/mol. The van der Waals surface area contributed by atoms with E-state index in [1.54, 1.807) is 12.1 Å². The van der Waals surface area contributed by atoms with Crippen LogP contribution in [-0.4, -0.2) is 12.0 Å². The van der Waals surface area contributed by atoms with Crippen molar-refractivity contribution in [3.05, 3.63) is 89.0 Å². The topological polar surface area (TPSA) is 67.4 Å². The van der Waals surface area contributed by atoms with Crippen LogP contribution in [0.5, 0.6) is 0 Å². The third kappa shape index (κ3) is 3.99. The van der Waals surface area contributed by atoms with Gasteiger partial charge in [0.1, 0.15) is 0 Å². The molecule has 2 N–H and O–H groups in total. The first-order valence-corrected chi connectivity index (χ1v) is 9.52. The first-order valence-electron chi connectivity index (χ1n) is 9.52. The molecular weight excluding hydrogens is 364 g/mol. The fourth-order valence-electron chi connectivity index (χ4n) is 3.66. The lowest BCUT2D eigenvalue weighted by Gasteiger charge is -2.13. The standard InChI is InChI=1S/C24H22N2O3/c1-15-5-3-6-16(2)21(15)19-8-4-7-17(13-19)14-25-20-11-9-18(10-12-20)22-23(27)26-24(28)29-22/h3-13,22,25H,14H2,1-2H3,(H,26,27,28). The zero-order valence-electron chi connectivity index (χ0n) is 16.4. The Bertz CT molecular complexity index is 1050. The summed E-state index contributed by atoms with van der Waals surface area (Å²) in [5, 5.41) is 5.54. The number of aryl methyl sites for hydroxylation is 2. The first kappa shape index (κ1) is 18.7. The van der Waals surface area contributed by atoms with Crippen molar-refractivity contribution in [2.75, 3.05) is 5.32 Å². The molecule has 0 radical (unpaired) electrons. The highest BCUT2D eigenvalue weighted by molar-refractivity contribution is 6.00. The van der Waals surface area contributed by atoms with Gasteiger partial charge in [0.15, 0.2) is 0 Å². The third-order valence-corrected chi connectivity index (χ3v) is 5.10. The molecular formula is C24H22N2O3. The number of hydrogen-bond donors (Lipinski definition) is 2. The van der Waals surface area contributed by atoms with Gasteiger partial charge in [0.25, 0.3) is 5.91 Å². The molecule has 0 spiro atoms. The van der Waals surface area contributed by atoms with Crippen molar-refractivity contribution in [2.24, 2.45) is 0 Å². The number of cyclic esters (lactones) is 1. The van der Waals surface area contributed by atoms with Crippen LogP contribution < -0.4 is 10.6 Å². The smallest absolute Gasteiger partial charge is 0.415 e. The molecule has 1 fully saturated rings. The molecule has 146 valence electrons. The number of amides is 2. The van der Waals surface area contributed by atoms with Crippen LogP contribution in [0.4, 0.5) is 10.5 Å². The van der Waals surface area contributed by atoms with Crippen LogP contribution in [0, 0.1) is 13.8 Å². The summed E-state index contributed by atoms with van der Waals surface area (Å²) in [5.41, 5.74) is 7.78. The van der Waals surface area contributed by atoms with E-state index in [2.05, 4.69) is 66.9 Å². The fourth-order valence-corrected chi connectivity index (χ4v) is 3.66. The van der Waals surface area contributed by atoms with E-state index < -0.39 is 18.1 Å². The van der Waals surface area contributed by atoms with Crippen molar-refractivity contribution < 1.29 is 14.3 Å². The van der Waals surface area contributed by atoms with Gasteiger partial charge in [-0.05, 0) is 59.9 Å². The Labute approximate surface area is 169 Å². The highest BCUT2D eigenvalue weighted by Gasteiger charge is 2.33. The lowest BCUT2D eigenvalue weighted by molar-refractivity contribution is -0.123. The molecule has 2 amide bonds. The molecule has 5 heteroatoms. The molecule has 1 aliphatic rings. The summed E-state index contributed by atoms with van der Waals surface area (Å²) in [5.74, 6) is -0.431. The van der Waals surface area contributed by atoms with Crippen molar-refractivity contribution in [3.8, 4) is 11.1 Å². The van der Waals surface area contributed by atoms with Crippen molar-refractivity contribution in [1.29, 1.82) is 0 Å². The van der Waals surface area contributed by atoms with Crippen molar-refractivity contribution in [3.63, 3.8) is 0 Å². The first-order chi connectivity index (χ1) is 14.0. The van der Waals surface area contributed by atoms with E-state index in [1.165, 1.54) is 27.8 Å². The predicted molar refractivity (Wildman–Crippen MR) is 112 cm³/mol. The number of hydrogen-bond acceptors (Lipinski definition) is 4. The molecule has 1 heterocycles. The van der Waals surface area contributed by atoms with Crippen molar-refractivity contribution >= 4 is 17.7 Å². The van der Waals surface area contributed by atoms with Gasteiger partial charge in [-0.15, -0.1) is 0 Å². The van der Waals surface area contributed by atoms with Gasteiger partial charge in [0.2, 0.25) is 6.10 Å². The second-order valence-electron chi connectivity index (χ2n) is 7.22. The molecule has 0 aliphatic carbocycles. The van der Waals surface area contributed by atoms with Crippen LogP contribution in [0.3, 0.4) is 0 Å². The van der Waals surface area contributed by atoms with Gasteiger partial charge in [-0.3, -0.25) is 10.1 Å². The lowest BCUT2D eigenvalue weighted by atomic mass is 9.95. The van der Waals surface area contributed by atoms with Crippen LogP contribution in [0.2, 0.25) is 0 Å². The van der Waals surface area contributed by atoms with Crippen molar-refractivity contribution in [2.45, 2.75) is 26.5 Å². The Morgan fingerprint density at radius 1 is 0.931 bits per heavy atom. The second kappa shape index (κ2) is 7.80. The number of benzene rings is 3. The number of imide groups is 1. The minimum atomic E-state index is -0.870. The Hall–Kier alpha value is -3.60. The number of alkyl carbamates (subject to hydrolysis) is 1. The molecule has 0 aromatic heterocycles. The molecule has 3 aromatic rings. The Balaban J connectivity index is 1.46. The Morgan fingerprint density at radius 3 is 2.28 bits per heavy atom. The normalized spacial score (nSPS) is 15.7. The van der Waals surface area contributed by atoms with E-state index in [9.17, 15) is 9.59 Å². The van der Waals surface area contributed by atoms with Gasteiger partial charge in [0, 0.05) is 17.8 Å². The van der Waals surface area contributed by atoms with Gasteiger partial charge in [-0.2, -0.15) is 0 Å². The van der Waals surface area contributed by atoms with Gasteiger partial charge >= 0.3 is 6.09 Å². The number of ether oxygens (including phenoxy) is 1. The summed E-state index contributed by atoms with van der Waals surface area (Å²) in [6.07, 6.45) is -1.57. The quantitative estimate of drug-likeness (QED) is 0.655.